The van der Waals surface area contributed by atoms with Crippen molar-refractivity contribution in [3.05, 3.63) is 41.7 Å². The molecule has 0 bridgehead atoms. The molecule has 4 heterocycles. The summed E-state index contributed by atoms with van der Waals surface area (Å²) in [5.74, 6) is -2.28. The Labute approximate surface area is 230 Å². The molecule has 6 rings (SSSR count). The number of nitrogens with zero attached hydrogens (tertiary/aromatic N) is 6. The maximum absolute atomic E-state index is 13.7. The van der Waals surface area contributed by atoms with Gasteiger partial charge in [0.1, 0.15) is 11.4 Å². The van der Waals surface area contributed by atoms with Gasteiger partial charge in [0.2, 0.25) is 10.0 Å². The molecule has 2 aromatic heterocycles. The number of nitrogens with one attached hydrogen (secondary N) is 2. The molecule has 3 aromatic rings. The summed E-state index contributed by atoms with van der Waals surface area (Å²) < 4.78 is 56.7. The molecule has 40 heavy (non-hydrogen) atoms. The van der Waals surface area contributed by atoms with Gasteiger partial charge >= 0.3 is 0 Å². The smallest absolute Gasteiger partial charge is 0.268 e. The molecule has 0 atom stereocenters. The van der Waals surface area contributed by atoms with E-state index in [9.17, 15) is 22.1 Å². The van der Waals surface area contributed by atoms with Gasteiger partial charge in [-0.3, -0.25) is 4.72 Å². The molecule has 3 aliphatic rings. The topological polar surface area (TPSA) is 122 Å². The van der Waals surface area contributed by atoms with Gasteiger partial charge in [-0.1, -0.05) is 5.21 Å². The molecule has 3 fully saturated rings. The third-order valence-corrected chi connectivity index (χ3v) is 9.68. The highest BCUT2D eigenvalue weighted by atomic mass is 32.2. The molecule has 1 aromatic carbocycles. The van der Waals surface area contributed by atoms with Crippen LogP contribution in [0, 0.1) is 10.3 Å². The van der Waals surface area contributed by atoms with E-state index in [2.05, 4.69) is 24.9 Å². The van der Waals surface area contributed by atoms with Crippen LogP contribution < -0.4 is 18.9 Å². The van der Waals surface area contributed by atoms with Crippen LogP contribution in [0.1, 0.15) is 45.4 Å². The van der Waals surface area contributed by atoms with Crippen molar-refractivity contribution in [3.8, 4) is 17.1 Å². The summed E-state index contributed by atoms with van der Waals surface area (Å²) in [6.07, 6.45) is 8.53. The van der Waals surface area contributed by atoms with E-state index in [0.717, 1.165) is 37.3 Å². The van der Waals surface area contributed by atoms with Gasteiger partial charge in [-0.25, -0.2) is 21.9 Å². The van der Waals surface area contributed by atoms with Gasteiger partial charge in [-0.2, -0.15) is 0 Å². The number of hydrogen-bond acceptors (Lipinski definition) is 7. The lowest BCUT2D eigenvalue weighted by molar-refractivity contribution is -0.493. The third kappa shape index (κ3) is 5.54. The number of alkyl halides is 2. The number of sulfonamides is 1. The highest BCUT2D eigenvalue weighted by Gasteiger charge is 2.44. The number of halogens is 2. The quantitative estimate of drug-likeness (QED) is 0.413. The van der Waals surface area contributed by atoms with Crippen LogP contribution in [0.25, 0.3) is 17.1 Å². The van der Waals surface area contributed by atoms with Crippen LogP contribution in [-0.4, -0.2) is 66.3 Å². The van der Waals surface area contributed by atoms with Gasteiger partial charge in [-0.15, -0.1) is 5.10 Å². The zero-order valence-electron chi connectivity index (χ0n) is 22.3. The van der Waals surface area contributed by atoms with E-state index >= 15 is 0 Å². The molecule has 2 N–H and O–H groups in total. The molecule has 11 nitrogen and oxygen atoms in total. The van der Waals surface area contributed by atoms with Crippen molar-refractivity contribution in [2.24, 2.45) is 5.41 Å². The number of aromatic nitrogens is 5. The predicted octanol–water partition coefficient (Wildman–Crippen LogP) is 3.55. The minimum Gasteiger partial charge on any atom is -0.370 e. The van der Waals surface area contributed by atoms with Gasteiger partial charge in [0.25, 0.3) is 18.3 Å². The molecule has 214 valence electrons. The first kappa shape index (κ1) is 26.7. The first-order valence-corrected chi connectivity index (χ1v) is 15.3. The standard InChI is InChI=1S/C26H33F2N8O3S/c1-2-40(38,39)31-19-3-4-22(23(15-19)33-11-7-25(5-6-25)8-12-33)36-17-21(30-32-36)20-16-35(37)18-24(29-20)34-13-9-26(27,28)10-14-34/h3-4,15-18,31H,2,5-14H2,1H3,(H,29,37)/q+1. The number of anilines is 3. The fraction of sp³-hybridized carbons (Fsp3) is 0.538. The Morgan fingerprint density at radius 2 is 1.70 bits per heavy atom. The van der Waals surface area contributed by atoms with E-state index < -0.39 is 15.9 Å². The Morgan fingerprint density at radius 3 is 2.38 bits per heavy atom. The number of H-pyrrole nitrogens is 1. The van der Waals surface area contributed by atoms with Gasteiger partial charge < -0.3 is 14.8 Å². The Morgan fingerprint density at radius 1 is 1.00 bits per heavy atom. The van der Waals surface area contributed by atoms with E-state index in [0.29, 0.717) is 32.7 Å². The van der Waals surface area contributed by atoms with Crippen LogP contribution in [0.4, 0.5) is 26.0 Å². The van der Waals surface area contributed by atoms with Crippen molar-refractivity contribution >= 4 is 27.2 Å². The Bertz CT molecular complexity index is 1560. The molecule has 14 heteroatoms. The number of aromatic amines is 1. The second-order valence-corrected chi connectivity index (χ2v) is 13.1. The van der Waals surface area contributed by atoms with E-state index in [1.165, 1.54) is 25.2 Å². The first-order valence-electron chi connectivity index (χ1n) is 13.7. The van der Waals surface area contributed by atoms with E-state index in [1.807, 2.05) is 12.1 Å². The molecule has 1 aliphatic carbocycles. The van der Waals surface area contributed by atoms with Gasteiger partial charge in [-0.05, 0) is 56.2 Å². The molecular weight excluding hydrogens is 542 g/mol. The van der Waals surface area contributed by atoms with Crippen LogP contribution in [0.15, 0.2) is 36.8 Å². The molecular formula is C26H33F2N8O3S+. The summed E-state index contributed by atoms with van der Waals surface area (Å²) in [6.45, 7) is 3.58. The van der Waals surface area contributed by atoms with Gasteiger partial charge in [0, 0.05) is 43.9 Å². The van der Waals surface area contributed by atoms with Crippen molar-refractivity contribution in [2.75, 3.05) is 46.5 Å². The summed E-state index contributed by atoms with van der Waals surface area (Å²) in [7, 11) is -3.45. The second kappa shape index (κ2) is 9.82. The number of hydrogen-bond donors (Lipinski definition) is 2. The largest absolute Gasteiger partial charge is 0.370 e. The highest BCUT2D eigenvalue weighted by Crippen LogP contribution is 2.54. The van der Waals surface area contributed by atoms with Crippen molar-refractivity contribution < 1.29 is 21.6 Å². The van der Waals surface area contributed by atoms with Crippen molar-refractivity contribution in [1.82, 2.24) is 20.0 Å². The van der Waals surface area contributed by atoms with Crippen LogP contribution in [0.5, 0.6) is 0 Å². The van der Waals surface area contributed by atoms with Crippen LogP contribution >= 0.6 is 0 Å². The minimum atomic E-state index is -3.45. The van der Waals surface area contributed by atoms with Crippen LogP contribution in [-0.2, 0) is 10.0 Å². The summed E-state index contributed by atoms with van der Waals surface area (Å²) in [4.78, 5) is 19.6. The Kier molecular flexibility index (Phi) is 6.55. The monoisotopic (exact) mass is 575 g/mol. The summed E-state index contributed by atoms with van der Waals surface area (Å²) in [5.41, 5.74) is 3.33. The van der Waals surface area contributed by atoms with Crippen LogP contribution in [0.3, 0.4) is 0 Å². The van der Waals surface area contributed by atoms with Crippen molar-refractivity contribution in [3.63, 3.8) is 0 Å². The first-order chi connectivity index (χ1) is 19.0. The summed E-state index contributed by atoms with van der Waals surface area (Å²) >= 11 is 0. The Hall–Kier alpha value is -3.55. The van der Waals surface area contributed by atoms with E-state index in [4.69, 9.17) is 0 Å². The van der Waals surface area contributed by atoms with Crippen LogP contribution in [0.2, 0.25) is 0 Å². The zero-order valence-corrected chi connectivity index (χ0v) is 23.1. The lowest BCUT2D eigenvalue weighted by Gasteiger charge is -2.35. The van der Waals surface area contributed by atoms with Crippen molar-refractivity contribution in [2.45, 2.75) is 51.4 Å². The SMILES string of the molecule is CCS(=O)(=O)Nc1ccc(-n2cc(-c3c[n+](=O)cc(N4CCC(F)(F)CC4)[nH]3)nn2)c(N2CCC3(CC2)CC3)c1. The van der Waals surface area contributed by atoms with E-state index in [-0.39, 0.29) is 31.7 Å². The molecule has 1 spiro atoms. The van der Waals surface area contributed by atoms with Crippen molar-refractivity contribution in [1.29, 1.82) is 0 Å². The average Bonchev–Trinajstić information content (AvgIpc) is 3.48. The predicted molar refractivity (Wildman–Crippen MR) is 147 cm³/mol. The minimum absolute atomic E-state index is 0.0299. The molecule has 1 saturated carbocycles. The molecule has 2 saturated heterocycles. The molecule has 0 unspecified atom stereocenters. The van der Waals surface area contributed by atoms with Gasteiger partial charge in [0.05, 0.1) is 33.4 Å². The molecule has 2 aliphatic heterocycles. The van der Waals surface area contributed by atoms with E-state index in [1.54, 1.807) is 28.8 Å². The Balaban J connectivity index is 1.31. The van der Waals surface area contributed by atoms with Gasteiger partial charge in [0.15, 0.2) is 5.82 Å². The number of benzene rings is 1. The summed E-state index contributed by atoms with van der Waals surface area (Å²) in [6, 6.07) is 5.34. The summed E-state index contributed by atoms with van der Waals surface area (Å²) in [5, 5.41) is 8.62. The maximum atomic E-state index is 13.7. The zero-order chi connectivity index (χ0) is 28.1. The molecule has 0 radical (unpaired) electrons. The number of piperidine rings is 2. The maximum Gasteiger partial charge on any atom is 0.268 e. The number of rotatable bonds is 7. The highest BCUT2D eigenvalue weighted by molar-refractivity contribution is 7.92. The normalized spacial score (nSPS) is 20.1. The average molecular weight is 576 g/mol. The fourth-order valence-corrected chi connectivity index (χ4v) is 6.17. The lowest BCUT2D eigenvalue weighted by atomic mass is 9.93. The second-order valence-electron chi connectivity index (χ2n) is 11.1. The third-order valence-electron chi connectivity index (χ3n) is 8.37. The lowest BCUT2D eigenvalue weighted by Crippen LogP contribution is -2.40. The fourth-order valence-electron chi connectivity index (χ4n) is 5.54. The molecule has 0 amide bonds.